The van der Waals surface area contributed by atoms with E-state index in [1.54, 1.807) is 28.7 Å². The molecule has 3 nitrogen and oxygen atoms in total. The predicted molar refractivity (Wildman–Crippen MR) is 80.2 cm³/mol. The number of halogens is 4. The van der Waals surface area contributed by atoms with Crippen LogP contribution in [0, 0.1) is 3.57 Å². The molecule has 0 aliphatic carbocycles. The summed E-state index contributed by atoms with van der Waals surface area (Å²) in [5.41, 5.74) is -3.84. The summed E-state index contributed by atoms with van der Waals surface area (Å²) in [5, 5.41) is 0. The van der Waals surface area contributed by atoms with Gasteiger partial charge in [0.1, 0.15) is 0 Å². The van der Waals surface area contributed by atoms with Gasteiger partial charge in [-0.3, -0.25) is 0 Å². The van der Waals surface area contributed by atoms with Crippen molar-refractivity contribution in [1.29, 1.82) is 0 Å². The Bertz CT molecular complexity index is 743. The van der Waals surface area contributed by atoms with Crippen LogP contribution in [0.5, 0.6) is 5.75 Å². The van der Waals surface area contributed by atoms with E-state index in [0.717, 1.165) is 11.1 Å². The highest BCUT2D eigenvalue weighted by Crippen LogP contribution is 2.32. The second-order valence-corrected chi connectivity index (χ2v) is 6.69. The molecule has 0 saturated carbocycles. The molecule has 2 rings (SSSR count). The van der Waals surface area contributed by atoms with Gasteiger partial charge in [0, 0.05) is 0 Å². The van der Waals surface area contributed by atoms with E-state index in [1.165, 1.54) is 12.1 Å². The van der Waals surface area contributed by atoms with Crippen molar-refractivity contribution in [1.82, 2.24) is 0 Å². The molecular formula is C13H8F3IO3S. The van der Waals surface area contributed by atoms with Crippen molar-refractivity contribution < 1.29 is 25.8 Å². The van der Waals surface area contributed by atoms with Gasteiger partial charge in [-0.05, 0) is 45.9 Å². The van der Waals surface area contributed by atoms with Gasteiger partial charge in [0.25, 0.3) is 0 Å². The van der Waals surface area contributed by atoms with Gasteiger partial charge < -0.3 is 4.18 Å². The lowest BCUT2D eigenvalue weighted by atomic mass is 10.1. The lowest BCUT2D eigenvalue weighted by molar-refractivity contribution is -0.0500. The molecular weight excluding hydrogens is 420 g/mol. The standard InChI is InChI=1S/C13H8F3IO3S/c14-13(15,16)21(18,19)20-12-7-6-10(8-11(12)17)9-4-2-1-3-5-9/h1-8H. The van der Waals surface area contributed by atoms with Gasteiger partial charge in [-0.1, -0.05) is 36.4 Å². The normalized spacial score (nSPS) is 12.2. The lowest BCUT2D eigenvalue weighted by Gasteiger charge is -2.11. The molecule has 0 aliphatic rings. The Hall–Kier alpha value is -1.29. The molecule has 112 valence electrons. The highest BCUT2D eigenvalue weighted by molar-refractivity contribution is 14.1. The molecule has 0 aliphatic heterocycles. The maximum Gasteiger partial charge on any atom is 0.534 e. The summed E-state index contributed by atoms with van der Waals surface area (Å²) in [6.45, 7) is 0. The van der Waals surface area contributed by atoms with Gasteiger partial charge in [-0.15, -0.1) is 0 Å². The van der Waals surface area contributed by atoms with Crippen LogP contribution in [0.4, 0.5) is 13.2 Å². The minimum Gasteiger partial charge on any atom is -0.375 e. The minimum absolute atomic E-state index is 0.266. The van der Waals surface area contributed by atoms with Crippen LogP contribution in [-0.2, 0) is 10.1 Å². The topological polar surface area (TPSA) is 43.4 Å². The zero-order valence-corrected chi connectivity index (χ0v) is 13.2. The summed E-state index contributed by atoms with van der Waals surface area (Å²) < 4.78 is 63.2. The molecule has 21 heavy (non-hydrogen) atoms. The summed E-state index contributed by atoms with van der Waals surface area (Å²) in [6, 6.07) is 13.4. The van der Waals surface area contributed by atoms with Crippen LogP contribution in [0.25, 0.3) is 11.1 Å². The van der Waals surface area contributed by atoms with Gasteiger partial charge in [0.15, 0.2) is 5.75 Å². The molecule has 0 atom stereocenters. The van der Waals surface area contributed by atoms with Gasteiger partial charge in [0.2, 0.25) is 0 Å². The van der Waals surface area contributed by atoms with Crippen LogP contribution in [0.1, 0.15) is 0 Å². The summed E-state index contributed by atoms with van der Waals surface area (Å²) in [4.78, 5) is 0. The largest absolute Gasteiger partial charge is 0.534 e. The fourth-order valence-corrected chi connectivity index (χ4v) is 2.80. The van der Waals surface area contributed by atoms with E-state index < -0.39 is 15.6 Å². The van der Waals surface area contributed by atoms with Crippen molar-refractivity contribution in [2.75, 3.05) is 0 Å². The number of rotatable bonds is 3. The Kier molecular flexibility index (Phi) is 4.47. The molecule has 0 saturated heterocycles. The zero-order valence-electron chi connectivity index (χ0n) is 10.3. The van der Waals surface area contributed by atoms with Crippen molar-refractivity contribution in [3.63, 3.8) is 0 Å². The maximum absolute atomic E-state index is 12.3. The van der Waals surface area contributed by atoms with Crippen molar-refractivity contribution in [3.05, 3.63) is 52.1 Å². The first-order valence-electron chi connectivity index (χ1n) is 5.56. The van der Waals surface area contributed by atoms with E-state index in [2.05, 4.69) is 4.18 Å². The van der Waals surface area contributed by atoms with Crippen LogP contribution in [0.3, 0.4) is 0 Å². The number of hydrogen-bond acceptors (Lipinski definition) is 3. The average Bonchev–Trinajstić information content (AvgIpc) is 2.40. The van der Waals surface area contributed by atoms with E-state index in [-0.39, 0.29) is 9.32 Å². The Morgan fingerprint density at radius 3 is 2.10 bits per heavy atom. The predicted octanol–water partition coefficient (Wildman–Crippen LogP) is 4.19. The maximum atomic E-state index is 12.3. The van der Waals surface area contributed by atoms with E-state index >= 15 is 0 Å². The highest BCUT2D eigenvalue weighted by atomic mass is 127. The monoisotopic (exact) mass is 428 g/mol. The molecule has 0 radical (unpaired) electrons. The van der Waals surface area contributed by atoms with Crippen LogP contribution < -0.4 is 4.18 Å². The third-order valence-corrected chi connectivity index (χ3v) is 4.33. The van der Waals surface area contributed by atoms with E-state index in [0.29, 0.717) is 0 Å². The minimum atomic E-state index is -5.66. The van der Waals surface area contributed by atoms with Crippen LogP contribution in [0.2, 0.25) is 0 Å². The molecule has 0 bridgehead atoms. The van der Waals surface area contributed by atoms with Gasteiger partial charge >= 0.3 is 15.6 Å². The average molecular weight is 428 g/mol. The Morgan fingerprint density at radius 2 is 1.57 bits per heavy atom. The van der Waals surface area contributed by atoms with Gasteiger partial charge in [0.05, 0.1) is 3.57 Å². The van der Waals surface area contributed by atoms with E-state index in [4.69, 9.17) is 0 Å². The molecule has 2 aromatic rings. The van der Waals surface area contributed by atoms with E-state index in [9.17, 15) is 21.6 Å². The zero-order chi connectivity index (χ0) is 15.7. The first-order valence-corrected chi connectivity index (χ1v) is 8.05. The first kappa shape index (κ1) is 16.1. The third kappa shape index (κ3) is 3.67. The number of hydrogen-bond donors (Lipinski definition) is 0. The molecule has 0 aromatic heterocycles. The molecule has 0 amide bonds. The van der Waals surface area contributed by atoms with Crippen molar-refractivity contribution in [2.45, 2.75) is 5.51 Å². The summed E-state index contributed by atoms with van der Waals surface area (Å²) in [7, 11) is -5.66. The van der Waals surface area contributed by atoms with Crippen LogP contribution in [0.15, 0.2) is 48.5 Å². The molecule has 0 fully saturated rings. The first-order chi connectivity index (χ1) is 9.71. The smallest absolute Gasteiger partial charge is 0.375 e. The lowest BCUT2D eigenvalue weighted by Crippen LogP contribution is -2.28. The Morgan fingerprint density at radius 1 is 0.952 bits per heavy atom. The number of benzene rings is 2. The van der Waals surface area contributed by atoms with Crippen molar-refractivity contribution in [2.24, 2.45) is 0 Å². The van der Waals surface area contributed by atoms with Gasteiger partial charge in [-0.2, -0.15) is 21.6 Å². The highest BCUT2D eigenvalue weighted by Gasteiger charge is 2.48. The third-order valence-electron chi connectivity index (χ3n) is 2.52. The SMILES string of the molecule is O=S(=O)(Oc1ccc(-c2ccccc2)cc1I)C(F)(F)F. The summed E-state index contributed by atoms with van der Waals surface area (Å²) in [5.74, 6) is -0.354. The van der Waals surface area contributed by atoms with E-state index in [1.807, 2.05) is 30.3 Å². The fraction of sp³-hybridized carbons (Fsp3) is 0.0769. The summed E-state index contributed by atoms with van der Waals surface area (Å²) in [6.07, 6.45) is 0. The molecule has 0 spiro atoms. The number of alkyl halides is 3. The van der Waals surface area contributed by atoms with Crippen LogP contribution >= 0.6 is 22.6 Å². The molecule has 0 unspecified atom stereocenters. The Labute approximate surface area is 133 Å². The molecule has 2 aromatic carbocycles. The second-order valence-electron chi connectivity index (χ2n) is 3.99. The van der Waals surface area contributed by atoms with Crippen molar-refractivity contribution in [3.8, 4) is 16.9 Å². The van der Waals surface area contributed by atoms with Gasteiger partial charge in [-0.25, -0.2) is 0 Å². The summed E-state index contributed by atoms with van der Waals surface area (Å²) >= 11 is 1.72. The fourth-order valence-electron chi connectivity index (χ4n) is 1.54. The molecule has 0 N–H and O–H groups in total. The van der Waals surface area contributed by atoms with Crippen LogP contribution in [-0.4, -0.2) is 13.9 Å². The second kappa shape index (κ2) is 5.84. The quantitative estimate of drug-likeness (QED) is 0.419. The molecule has 0 heterocycles. The van der Waals surface area contributed by atoms with Crippen molar-refractivity contribution >= 4 is 32.7 Å². The Balaban J connectivity index is 2.34. The molecule has 8 heteroatoms.